The number of ether oxygens (including phenoxy) is 1. The van der Waals surface area contributed by atoms with E-state index in [1.807, 2.05) is 20.8 Å². The number of alkyl carbamates (subject to hydrolysis) is 1. The Hall–Kier alpha value is -0.810. The van der Waals surface area contributed by atoms with Crippen molar-refractivity contribution in [3.63, 3.8) is 0 Å². The van der Waals surface area contributed by atoms with E-state index in [-0.39, 0.29) is 18.2 Å². The molecule has 1 saturated carbocycles. The first-order chi connectivity index (χ1) is 8.31. The van der Waals surface area contributed by atoms with Gasteiger partial charge in [-0.3, -0.25) is 0 Å². The SMILES string of the molecule is CC(CN)NC1CCCC1NC(=O)OC(C)(C)C. The van der Waals surface area contributed by atoms with Gasteiger partial charge in [-0.1, -0.05) is 0 Å². The molecule has 1 fully saturated rings. The lowest BCUT2D eigenvalue weighted by Crippen LogP contribution is -2.51. The second-order valence-electron chi connectivity index (χ2n) is 6.09. The van der Waals surface area contributed by atoms with Gasteiger partial charge in [-0.2, -0.15) is 0 Å². The van der Waals surface area contributed by atoms with Crippen LogP contribution in [0.2, 0.25) is 0 Å². The van der Waals surface area contributed by atoms with E-state index < -0.39 is 5.60 Å². The predicted octanol–water partition coefficient (Wildman–Crippen LogP) is 1.37. The average molecular weight is 257 g/mol. The van der Waals surface area contributed by atoms with Crippen molar-refractivity contribution < 1.29 is 9.53 Å². The maximum Gasteiger partial charge on any atom is 0.407 e. The third-order valence-electron chi connectivity index (χ3n) is 3.07. The topological polar surface area (TPSA) is 76.4 Å². The van der Waals surface area contributed by atoms with Crippen molar-refractivity contribution >= 4 is 6.09 Å². The van der Waals surface area contributed by atoms with E-state index in [2.05, 4.69) is 17.6 Å². The predicted molar refractivity (Wildman–Crippen MR) is 72.4 cm³/mol. The van der Waals surface area contributed by atoms with Gasteiger partial charge in [0.1, 0.15) is 5.60 Å². The maximum absolute atomic E-state index is 11.7. The molecule has 0 radical (unpaired) electrons. The number of nitrogens with one attached hydrogen (secondary N) is 2. The Morgan fingerprint density at radius 3 is 2.56 bits per heavy atom. The summed E-state index contributed by atoms with van der Waals surface area (Å²) in [4.78, 5) is 11.7. The van der Waals surface area contributed by atoms with E-state index in [1.54, 1.807) is 0 Å². The second-order valence-corrected chi connectivity index (χ2v) is 6.09. The maximum atomic E-state index is 11.7. The third kappa shape index (κ3) is 5.23. The van der Waals surface area contributed by atoms with Crippen molar-refractivity contribution in [3.8, 4) is 0 Å². The van der Waals surface area contributed by atoms with Gasteiger partial charge >= 0.3 is 6.09 Å². The minimum atomic E-state index is -0.448. The molecule has 1 rings (SSSR count). The molecule has 0 aromatic carbocycles. The van der Waals surface area contributed by atoms with Gasteiger partial charge < -0.3 is 21.1 Å². The summed E-state index contributed by atoms with van der Waals surface area (Å²) in [6, 6.07) is 0.723. The van der Waals surface area contributed by atoms with Crippen molar-refractivity contribution in [1.82, 2.24) is 10.6 Å². The molecule has 0 aromatic rings. The minimum absolute atomic E-state index is 0.147. The Kier molecular flexibility index (Phi) is 5.41. The molecule has 106 valence electrons. The normalized spacial score (nSPS) is 25.8. The lowest BCUT2D eigenvalue weighted by atomic mass is 10.1. The summed E-state index contributed by atoms with van der Waals surface area (Å²) >= 11 is 0. The highest BCUT2D eigenvalue weighted by Crippen LogP contribution is 2.20. The second kappa shape index (κ2) is 6.38. The van der Waals surface area contributed by atoms with Crippen LogP contribution in [-0.4, -0.2) is 36.4 Å². The van der Waals surface area contributed by atoms with E-state index in [9.17, 15) is 4.79 Å². The zero-order valence-corrected chi connectivity index (χ0v) is 12.0. The number of hydrogen-bond donors (Lipinski definition) is 3. The fraction of sp³-hybridized carbons (Fsp3) is 0.923. The van der Waals surface area contributed by atoms with Gasteiger partial charge in [0.25, 0.3) is 0 Å². The van der Waals surface area contributed by atoms with Crippen LogP contribution in [-0.2, 0) is 4.74 Å². The molecule has 4 N–H and O–H groups in total. The fourth-order valence-corrected chi connectivity index (χ4v) is 2.22. The zero-order chi connectivity index (χ0) is 13.8. The van der Waals surface area contributed by atoms with Gasteiger partial charge in [0.15, 0.2) is 0 Å². The van der Waals surface area contributed by atoms with Crippen molar-refractivity contribution in [2.75, 3.05) is 6.54 Å². The van der Waals surface area contributed by atoms with Crippen LogP contribution in [0.4, 0.5) is 4.79 Å². The summed E-state index contributed by atoms with van der Waals surface area (Å²) in [5, 5.41) is 6.40. The van der Waals surface area contributed by atoms with Crippen LogP contribution in [0.25, 0.3) is 0 Å². The zero-order valence-electron chi connectivity index (χ0n) is 12.0. The molecule has 1 aliphatic carbocycles. The molecular formula is C13H27N3O2. The number of carbonyl (C=O) groups is 1. The summed E-state index contributed by atoms with van der Waals surface area (Å²) in [5.41, 5.74) is 5.16. The molecule has 5 heteroatoms. The molecule has 1 amide bonds. The molecule has 0 bridgehead atoms. The van der Waals surface area contributed by atoms with Crippen molar-refractivity contribution in [2.45, 2.75) is 70.7 Å². The number of rotatable bonds is 4. The molecule has 18 heavy (non-hydrogen) atoms. The van der Waals surface area contributed by atoms with Gasteiger partial charge in [0.2, 0.25) is 0 Å². The molecule has 3 unspecified atom stereocenters. The minimum Gasteiger partial charge on any atom is -0.444 e. The lowest BCUT2D eigenvalue weighted by Gasteiger charge is -2.27. The van der Waals surface area contributed by atoms with Gasteiger partial charge in [-0.15, -0.1) is 0 Å². The number of nitrogens with two attached hydrogens (primary N) is 1. The van der Waals surface area contributed by atoms with Crippen LogP contribution in [0.15, 0.2) is 0 Å². The Bertz CT molecular complexity index is 276. The summed E-state index contributed by atoms with van der Waals surface area (Å²) in [7, 11) is 0. The van der Waals surface area contributed by atoms with Crippen LogP contribution in [0.5, 0.6) is 0 Å². The molecular weight excluding hydrogens is 230 g/mol. The number of hydrogen-bond acceptors (Lipinski definition) is 4. The molecule has 0 spiro atoms. The van der Waals surface area contributed by atoms with Gasteiger partial charge in [0, 0.05) is 24.7 Å². The van der Waals surface area contributed by atoms with E-state index in [0.29, 0.717) is 12.6 Å². The molecule has 0 heterocycles. The largest absolute Gasteiger partial charge is 0.444 e. The highest BCUT2D eigenvalue weighted by atomic mass is 16.6. The highest BCUT2D eigenvalue weighted by Gasteiger charge is 2.30. The van der Waals surface area contributed by atoms with Crippen LogP contribution in [0.3, 0.4) is 0 Å². The highest BCUT2D eigenvalue weighted by molar-refractivity contribution is 5.68. The van der Waals surface area contributed by atoms with Crippen LogP contribution < -0.4 is 16.4 Å². The lowest BCUT2D eigenvalue weighted by molar-refractivity contribution is 0.0497. The van der Waals surface area contributed by atoms with Crippen LogP contribution in [0, 0.1) is 0 Å². The monoisotopic (exact) mass is 257 g/mol. The van der Waals surface area contributed by atoms with E-state index in [0.717, 1.165) is 19.3 Å². The van der Waals surface area contributed by atoms with Gasteiger partial charge in [-0.25, -0.2) is 4.79 Å². The van der Waals surface area contributed by atoms with Crippen molar-refractivity contribution in [1.29, 1.82) is 0 Å². The average Bonchev–Trinajstić information content (AvgIpc) is 2.62. The van der Waals surface area contributed by atoms with E-state index in [4.69, 9.17) is 10.5 Å². The summed E-state index contributed by atoms with van der Waals surface area (Å²) in [6.07, 6.45) is 2.86. The Morgan fingerprint density at radius 2 is 2.00 bits per heavy atom. The summed E-state index contributed by atoms with van der Waals surface area (Å²) in [6.45, 7) is 8.27. The summed E-state index contributed by atoms with van der Waals surface area (Å²) < 4.78 is 5.28. The quantitative estimate of drug-likeness (QED) is 0.711. The van der Waals surface area contributed by atoms with E-state index >= 15 is 0 Å². The molecule has 0 aromatic heterocycles. The first kappa shape index (κ1) is 15.2. The molecule has 3 atom stereocenters. The third-order valence-corrected chi connectivity index (χ3v) is 3.07. The molecule has 0 aliphatic heterocycles. The molecule has 5 nitrogen and oxygen atoms in total. The summed E-state index contributed by atoms with van der Waals surface area (Å²) in [5.74, 6) is 0. The standard InChI is InChI=1S/C13H27N3O2/c1-9(8-14)15-10-6-5-7-11(10)16-12(17)18-13(2,3)4/h9-11,15H,5-8,14H2,1-4H3,(H,16,17). The Labute approximate surface area is 110 Å². The fourth-order valence-electron chi connectivity index (χ4n) is 2.22. The first-order valence-electron chi connectivity index (χ1n) is 6.77. The number of amides is 1. The van der Waals surface area contributed by atoms with Gasteiger partial charge in [-0.05, 0) is 47.0 Å². The van der Waals surface area contributed by atoms with Crippen molar-refractivity contribution in [2.24, 2.45) is 5.73 Å². The van der Waals surface area contributed by atoms with Gasteiger partial charge in [0.05, 0.1) is 0 Å². The van der Waals surface area contributed by atoms with Crippen molar-refractivity contribution in [3.05, 3.63) is 0 Å². The van der Waals surface area contributed by atoms with Crippen LogP contribution in [0.1, 0.15) is 47.0 Å². The number of carbonyl (C=O) groups excluding carboxylic acids is 1. The molecule has 0 saturated heterocycles. The Balaban J connectivity index is 2.42. The van der Waals surface area contributed by atoms with E-state index in [1.165, 1.54) is 0 Å². The molecule has 1 aliphatic rings. The first-order valence-corrected chi connectivity index (χ1v) is 6.77. The Morgan fingerprint density at radius 1 is 1.39 bits per heavy atom. The smallest absolute Gasteiger partial charge is 0.407 e. The van der Waals surface area contributed by atoms with Crippen LogP contribution >= 0.6 is 0 Å².